The van der Waals surface area contributed by atoms with Gasteiger partial charge in [-0.05, 0) is 44.9 Å². The molecule has 61 heavy (non-hydrogen) atoms. The van der Waals surface area contributed by atoms with Crippen molar-refractivity contribution in [2.75, 3.05) is 6.61 Å². The summed E-state index contributed by atoms with van der Waals surface area (Å²) >= 11 is 0. The summed E-state index contributed by atoms with van der Waals surface area (Å²) in [7, 11) is 0. The number of hydrogen-bond donors (Lipinski definition) is 3. The molecule has 0 aliphatic rings. The van der Waals surface area contributed by atoms with Crippen LogP contribution in [0, 0.1) is 0 Å². The van der Waals surface area contributed by atoms with Crippen molar-refractivity contribution in [3.8, 4) is 0 Å². The van der Waals surface area contributed by atoms with Gasteiger partial charge in [0.1, 0.15) is 6.10 Å². The molecular formula is C55H99NO5. The number of esters is 1. The summed E-state index contributed by atoms with van der Waals surface area (Å²) in [5.74, 6) is -0.574. The molecule has 6 heteroatoms. The van der Waals surface area contributed by atoms with Gasteiger partial charge in [0.25, 0.3) is 0 Å². The van der Waals surface area contributed by atoms with Crippen molar-refractivity contribution in [2.24, 2.45) is 0 Å². The van der Waals surface area contributed by atoms with E-state index in [-0.39, 0.29) is 24.9 Å². The molecule has 0 aromatic carbocycles. The molecule has 1 amide bonds. The molecule has 3 N–H and O–H groups in total. The van der Waals surface area contributed by atoms with Gasteiger partial charge in [-0.2, -0.15) is 0 Å². The molecule has 0 saturated carbocycles. The minimum absolute atomic E-state index is 0.000669. The first-order chi connectivity index (χ1) is 30.0. The summed E-state index contributed by atoms with van der Waals surface area (Å²) in [6.45, 7) is 6.34. The molecule has 0 aliphatic heterocycles. The van der Waals surface area contributed by atoms with Crippen LogP contribution >= 0.6 is 0 Å². The van der Waals surface area contributed by atoms with Crippen molar-refractivity contribution in [2.45, 2.75) is 270 Å². The molecule has 0 heterocycles. The third-order valence-electron chi connectivity index (χ3n) is 11.6. The number of allylic oxidation sites excluding steroid dienone is 9. The first kappa shape index (κ1) is 58.6. The molecule has 6 nitrogen and oxygen atoms in total. The van der Waals surface area contributed by atoms with E-state index < -0.39 is 18.2 Å². The Bertz CT molecular complexity index is 1090. The molecule has 0 fully saturated rings. The lowest BCUT2D eigenvalue weighted by atomic mass is 10.0. The fourth-order valence-electron chi connectivity index (χ4n) is 7.69. The first-order valence-corrected chi connectivity index (χ1v) is 26.0. The normalized spacial score (nSPS) is 13.7. The molecule has 0 rings (SSSR count). The smallest absolute Gasteiger partial charge is 0.306 e. The quantitative estimate of drug-likeness (QED) is 0.0322. The van der Waals surface area contributed by atoms with Crippen LogP contribution in [0.3, 0.4) is 0 Å². The number of carbonyl (C=O) groups excluding carboxylic acids is 2. The average Bonchev–Trinajstić information content (AvgIpc) is 3.25. The second kappa shape index (κ2) is 48.6. The number of carbonyl (C=O) groups is 2. The molecule has 0 spiro atoms. The number of hydrogen-bond acceptors (Lipinski definition) is 5. The highest BCUT2D eigenvalue weighted by molar-refractivity contribution is 5.77. The zero-order valence-electron chi connectivity index (χ0n) is 40.3. The van der Waals surface area contributed by atoms with Crippen molar-refractivity contribution in [3.63, 3.8) is 0 Å². The maximum Gasteiger partial charge on any atom is 0.306 e. The average molecular weight is 854 g/mol. The molecular weight excluding hydrogens is 755 g/mol. The largest absolute Gasteiger partial charge is 0.461 e. The van der Waals surface area contributed by atoms with Gasteiger partial charge in [0.2, 0.25) is 5.91 Å². The van der Waals surface area contributed by atoms with Gasteiger partial charge in [0, 0.05) is 12.8 Å². The number of unbranched alkanes of at least 4 members (excludes halogenated alkanes) is 25. The topological polar surface area (TPSA) is 95.9 Å². The molecule has 354 valence electrons. The monoisotopic (exact) mass is 854 g/mol. The van der Waals surface area contributed by atoms with E-state index in [1.54, 1.807) is 0 Å². The van der Waals surface area contributed by atoms with Crippen LogP contribution in [0.25, 0.3) is 0 Å². The van der Waals surface area contributed by atoms with E-state index in [4.69, 9.17) is 4.74 Å². The van der Waals surface area contributed by atoms with Crippen molar-refractivity contribution in [3.05, 3.63) is 60.8 Å². The Morgan fingerprint density at radius 1 is 0.492 bits per heavy atom. The second-order valence-electron chi connectivity index (χ2n) is 17.6. The fraction of sp³-hybridized carbons (Fsp3) is 0.782. The summed E-state index contributed by atoms with van der Waals surface area (Å²) < 4.78 is 5.87. The van der Waals surface area contributed by atoms with Gasteiger partial charge >= 0.3 is 5.97 Å². The van der Waals surface area contributed by atoms with Crippen LogP contribution in [-0.2, 0) is 14.3 Å². The van der Waals surface area contributed by atoms with Crippen LogP contribution in [0.2, 0.25) is 0 Å². The predicted octanol–water partition coefficient (Wildman–Crippen LogP) is 15.6. The number of aliphatic hydroxyl groups is 2. The predicted molar refractivity (Wildman–Crippen MR) is 264 cm³/mol. The number of rotatable bonds is 46. The minimum atomic E-state index is -0.811. The number of nitrogens with one attached hydrogen (secondary N) is 1. The molecule has 0 aliphatic carbocycles. The zero-order valence-corrected chi connectivity index (χ0v) is 40.3. The van der Waals surface area contributed by atoms with E-state index >= 15 is 0 Å². The summed E-state index contributed by atoms with van der Waals surface area (Å²) in [6.07, 6.45) is 60.1. The Hall–Kier alpha value is -2.44. The van der Waals surface area contributed by atoms with Crippen LogP contribution in [0.15, 0.2) is 60.8 Å². The van der Waals surface area contributed by atoms with E-state index in [0.29, 0.717) is 19.3 Å². The molecule has 0 bridgehead atoms. The highest BCUT2D eigenvalue weighted by Gasteiger charge is 2.23. The van der Waals surface area contributed by atoms with Gasteiger partial charge in [-0.25, -0.2) is 0 Å². The highest BCUT2D eigenvalue weighted by Crippen LogP contribution is 2.17. The Balaban J connectivity index is 4.69. The lowest BCUT2D eigenvalue weighted by Gasteiger charge is -2.24. The number of amides is 1. The molecule has 0 aromatic heterocycles. The van der Waals surface area contributed by atoms with E-state index in [1.807, 2.05) is 6.08 Å². The van der Waals surface area contributed by atoms with Crippen LogP contribution in [0.5, 0.6) is 0 Å². The highest BCUT2D eigenvalue weighted by atomic mass is 16.5. The fourth-order valence-corrected chi connectivity index (χ4v) is 7.69. The number of ether oxygens (including phenoxy) is 1. The summed E-state index contributed by atoms with van der Waals surface area (Å²) in [4.78, 5) is 26.1. The van der Waals surface area contributed by atoms with E-state index in [1.165, 1.54) is 135 Å². The van der Waals surface area contributed by atoms with Crippen LogP contribution in [0.1, 0.15) is 252 Å². The van der Waals surface area contributed by atoms with Crippen molar-refractivity contribution in [1.82, 2.24) is 5.32 Å². The maximum absolute atomic E-state index is 13.2. The van der Waals surface area contributed by atoms with Gasteiger partial charge in [-0.1, -0.05) is 248 Å². The standard InChI is InChI=1S/C55H99NO5/c1-4-7-10-13-16-19-22-24-26-28-30-33-36-39-42-45-48-55(60)61-51(46-43-40-37-34-32-29-27-25-23-20-17-14-11-8-5-2)49-54(59)56-52(50-57)53(58)47-44-41-38-35-31-21-18-15-12-9-6-3/h8,11,17,20,25,27,32,34,40,43,51-53,57-58H,4-7,9-10,12-16,18-19,21-24,26,28-31,33,35-39,41-42,44-50H2,1-3H3,(H,56,59)/b11-8-,20-17-,27-25-,34-32-,43-40-. The van der Waals surface area contributed by atoms with Crippen molar-refractivity contribution in [1.29, 1.82) is 0 Å². The van der Waals surface area contributed by atoms with Crippen LogP contribution in [-0.4, -0.2) is 46.9 Å². The minimum Gasteiger partial charge on any atom is -0.461 e. The SMILES string of the molecule is CC/C=C\C/C=C\C/C=C\C/C=C\C/C=C\CC(CC(=O)NC(CO)C(O)CCCCCCCCCCCCC)OC(=O)CCCCCCCCCCCCCCCCCC. The molecule has 3 unspecified atom stereocenters. The zero-order chi connectivity index (χ0) is 44.5. The Labute approximate surface area is 378 Å². The summed E-state index contributed by atoms with van der Waals surface area (Å²) in [6, 6.07) is -0.731. The lowest BCUT2D eigenvalue weighted by molar-refractivity contribution is -0.150. The van der Waals surface area contributed by atoms with Gasteiger partial charge in [0.05, 0.1) is 25.2 Å². The van der Waals surface area contributed by atoms with Gasteiger partial charge < -0.3 is 20.3 Å². The second-order valence-corrected chi connectivity index (χ2v) is 17.6. The van der Waals surface area contributed by atoms with Gasteiger partial charge in [-0.3, -0.25) is 9.59 Å². The maximum atomic E-state index is 13.2. The Morgan fingerprint density at radius 3 is 1.25 bits per heavy atom. The lowest BCUT2D eigenvalue weighted by Crippen LogP contribution is -2.46. The Kier molecular flexibility index (Phi) is 46.6. The third kappa shape index (κ3) is 44.0. The summed E-state index contributed by atoms with van der Waals surface area (Å²) in [5.41, 5.74) is 0. The summed E-state index contributed by atoms with van der Waals surface area (Å²) in [5, 5.41) is 23.7. The van der Waals surface area contributed by atoms with Crippen molar-refractivity contribution < 1.29 is 24.5 Å². The number of aliphatic hydroxyl groups excluding tert-OH is 2. The third-order valence-corrected chi connectivity index (χ3v) is 11.6. The van der Waals surface area contributed by atoms with Gasteiger partial charge in [-0.15, -0.1) is 0 Å². The first-order valence-electron chi connectivity index (χ1n) is 26.0. The molecule has 0 saturated heterocycles. The molecule has 0 radical (unpaired) electrons. The molecule has 0 aromatic rings. The van der Waals surface area contributed by atoms with Crippen LogP contribution in [0.4, 0.5) is 0 Å². The van der Waals surface area contributed by atoms with Crippen molar-refractivity contribution >= 4 is 11.9 Å². The van der Waals surface area contributed by atoms with Crippen LogP contribution < -0.4 is 5.32 Å². The Morgan fingerprint density at radius 2 is 0.852 bits per heavy atom. The van der Waals surface area contributed by atoms with E-state index in [0.717, 1.165) is 70.6 Å². The van der Waals surface area contributed by atoms with E-state index in [9.17, 15) is 19.8 Å². The van der Waals surface area contributed by atoms with Gasteiger partial charge in [0.15, 0.2) is 0 Å². The van der Waals surface area contributed by atoms with E-state index in [2.05, 4.69) is 80.8 Å². The molecule has 3 atom stereocenters.